The Bertz CT molecular complexity index is 2740. The minimum atomic E-state index is -2.87. The third-order valence-electron chi connectivity index (χ3n) is 13.8. The highest BCUT2D eigenvalue weighted by molar-refractivity contribution is 6.08. The minimum Gasteiger partial charge on any atom is -0.374 e. The molecule has 1 saturated carbocycles. The number of aryl methyl sites for hydroxylation is 1. The van der Waals surface area contributed by atoms with E-state index in [9.17, 15) is 28.0 Å². The van der Waals surface area contributed by atoms with Crippen LogP contribution in [-0.4, -0.2) is 114 Å². The number of hydrogen-bond acceptors (Lipinski definition) is 11. The van der Waals surface area contributed by atoms with Crippen LogP contribution in [0.2, 0.25) is 0 Å². The number of aromatic nitrogens is 7. The fourth-order valence-corrected chi connectivity index (χ4v) is 10.5. The number of likely N-dealkylation sites (tertiary alicyclic amines) is 1. The first kappa shape index (κ1) is 42.0. The number of carbonyl (C=O) groups is 3. The van der Waals surface area contributed by atoms with Crippen LogP contribution >= 0.6 is 0 Å². The van der Waals surface area contributed by atoms with Gasteiger partial charge in [0.1, 0.15) is 24.0 Å². The standard InChI is InChI=1S/C45H51F2N11O6/c1-26-21-54(16-14-36(26)63-18-4-6-28-5-3-7-34-40(28)53(2)45(62)58(34)35-12-13-38(59)51-44(35)61)22-27-8-10-29(11-9-27)57-24-33(39(52-57)41(46)47)49-43(60)32-20-48-56-17-15-37(50-42(32)56)55-23-31-19-30(55)25-64-31/h3,5,7,15,17,20,24,26-27,29-31,35-36,41H,8-14,16,18-19,21-23,25H2,1-2H3,(H,49,60)(H,51,59,61)/t26-,27-,29-,30+,31+,35?,36-/m0/s1. The number of ether oxygens (including phenoxy) is 2. The number of nitrogens with zero attached hydrogens (tertiary/aromatic N) is 9. The van der Waals surface area contributed by atoms with Gasteiger partial charge in [-0.05, 0) is 75.0 Å². The highest BCUT2D eigenvalue weighted by Gasteiger charge is 2.40. The molecule has 64 heavy (non-hydrogen) atoms. The van der Waals surface area contributed by atoms with Gasteiger partial charge in [-0.15, -0.1) is 0 Å². The van der Waals surface area contributed by atoms with Crippen LogP contribution in [0.5, 0.6) is 0 Å². The molecule has 1 unspecified atom stereocenters. The van der Waals surface area contributed by atoms with Gasteiger partial charge < -0.3 is 24.6 Å². The van der Waals surface area contributed by atoms with E-state index in [2.05, 4.69) is 49.4 Å². The van der Waals surface area contributed by atoms with E-state index < -0.39 is 30.0 Å². The van der Waals surface area contributed by atoms with E-state index in [4.69, 9.17) is 14.5 Å². The van der Waals surface area contributed by atoms with E-state index in [1.165, 1.54) is 26.0 Å². The first-order chi connectivity index (χ1) is 31.0. The SMILES string of the molecule is C[C@H]1CN(C[C@H]2CC[C@H](n3cc(NC(=O)c4cnn5ccc(N6C[C@H]7C[C@@H]6CO7)nc45)c(C(F)F)n3)CC2)CC[C@@H]1OCC#Cc1cccc2c1n(C)c(=O)n2C1CCC(=O)NC1=O. The number of imidazole rings is 1. The van der Waals surface area contributed by atoms with Gasteiger partial charge in [-0.1, -0.05) is 24.8 Å². The molecular formula is C45H51F2N11O6. The fraction of sp³-hybridized carbons (Fsp3) is 0.533. The lowest BCUT2D eigenvalue weighted by Crippen LogP contribution is -2.45. The molecule has 0 spiro atoms. The van der Waals surface area contributed by atoms with Crippen LogP contribution in [0.15, 0.2) is 47.7 Å². The van der Waals surface area contributed by atoms with Crippen LogP contribution in [0.4, 0.5) is 20.3 Å². The summed E-state index contributed by atoms with van der Waals surface area (Å²) in [4.78, 5) is 60.6. The van der Waals surface area contributed by atoms with Crippen molar-refractivity contribution in [2.45, 2.75) is 95.0 Å². The summed E-state index contributed by atoms with van der Waals surface area (Å²) in [5, 5.41) is 13.6. The van der Waals surface area contributed by atoms with Gasteiger partial charge in [0.05, 0.1) is 59.4 Å². The maximum Gasteiger partial charge on any atom is 0.329 e. The number of nitrogens with one attached hydrogen (secondary N) is 2. The predicted molar refractivity (Wildman–Crippen MR) is 230 cm³/mol. The van der Waals surface area contributed by atoms with Gasteiger partial charge in [0.15, 0.2) is 11.3 Å². The number of benzene rings is 1. The summed E-state index contributed by atoms with van der Waals surface area (Å²) in [6.45, 7) is 6.55. The number of fused-ring (bicyclic) bond motifs is 4. The molecule has 0 radical (unpaired) electrons. The Morgan fingerprint density at radius 1 is 1.08 bits per heavy atom. The van der Waals surface area contributed by atoms with Crippen molar-refractivity contribution < 1.29 is 32.6 Å². The maximum absolute atomic E-state index is 14.3. The molecule has 4 aromatic heterocycles. The molecule has 3 amide bonds. The zero-order valence-corrected chi connectivity index (χ0v) is 35.8. The van der Waals surface area contributed by atoms with Crippen molar-refractivity contribution in [1.29, 1.82) is 0 Å². The molecule has 17 nitrogen and oxygen atoms in total. The number of imide groups is 1. The lowest BCUT2D eigenvalue weighted by Gasteiger charge is -2.39. The van der Waals surface area contributed by atoms with Crippen molar-refractivity contribution in [2.24, 2.45) is 18.9 Å². The van der Waals surface area contributed by atoms with Gasteiger partial charge in [-0.3, -0.25) is 33.5 Å². The Labute approximate surface area is 367 Å². The monoisotopic (exact) mass is 879 g/mol. The summed E-state index contributed by atoms with van der Waals surface area (Å²) in [5.74, 6) is 6.42. The molecule has 5 aromatic rings. The molecule has 5 fully saturated rings. The van der Waals surface area contributed by atoms with Crippen molar-refractivity contribution in [3.8, 4) is 11.8 Å². The highest BCUT2D eigenvalue weighted by Crippen LogP contribution is 2.37. The molecular weight excluding hydrogens is 829 g/mol. The van der Waals surface area contributed by atoms with E-state index in [1.807, 2.05) is 18.2 Å². The number of amides is 3. The van der Waals surface area contributed by atoms with Crippen molar-refractivity contribution in [3.63, 3.8) is 0 Å². The quantitative estimate of drug-likeness (QED) is 0.152. The number of rotatable bonds is 10. The summed E-state index contributed by atoms with van der Waals surface area (Å²) in [6, 6.07) is 6.73. The minimum absolute atomic E-state index is 0.0114. The van der Waals surface area contributed by atoms with Gasteiger partial charge in [0.2, 0.25) is 11.8 Å². The fourth-order valence-electron chi connectivity index (χ4n) is 10.5. The van der Waals surface area contributed by atoms with Crippen molar-refractivity contribution in [3.05, 3.63) is 70.2 Å². The number of carbonyl (C=O) groups excluding carboxylic acids is 3. The van der Waals surface area contributed by atoms with Gasteiger partial charge >= 0.3 is 5.69 Å². The second kappa shape index (κ2) is 17.2. The van der Waals surface area contributed by atoms with Crippen molar-refractivity contribution in [1.82, 2.24) is 43.7 Å². The second-order valence-electron chi connectivity index (χ2n) is 18.0. The zero-order valence-electron chi connectivity index (χ0n) is 35.8. The highest BCUT2D eigenvalue weighted by atomic mass is 19.3. The molecule has 2 bridgehead atoms. The lowest BCUT2D eigenvalue weighted by atomic mass is 9.85. The van der Waals surface area contributed by atoms with Crippen LogP contribution in [-0.2, 0) is 26.1 Å². The Balaban J connectivity index is 0.711. The number of anilines is 2. The van der Waals surface area contributed by atoms with Crippen LogP contribution in [0, 0.1) is 23.7 Å². The number of halogens is 2. The van der Waals surface area contributed by atoms with E-state index in [0.717, 1.165) is 70.5 Å². The maximum atomic E-state index is 14.3. The Morgan fingerprint density at radius 2 is 1.92 bits per heavy atom. The number of alkyl halides is 2. The number of para-hydroxylation sites is 1. The molecule has 1 aromatic carbocycles. The van der Waals surface area contributed by atoms with Crippen LogP contribution in [0.1, 0.15) is 98.4 Å². The number of hydrogen-bond donors (Lipinski definition) is 2. The largest absolute Gasteiger partial charge is 0.374 e. The van der Waals surface area contributed by atoms with E-state index in [0.29, 0.717) is 34.8 Å². The second-order valence-corrected chi connectivity index (χ2v) is 18.0. The predicted octanol–water partition coefficient (Wildman–Crippen LogP) is 4.23. The number of piperidine rings is 2. The molecule has 336 valence electrons. The molecule has 8 heterocycles. The molecule has 2 N–H and O–H groups in total. The lowest BCUT2D eigenvalue weighted by molar-refractivity contribution is -0.135. The third-order valence-corrected chi connectivity index (χ3v) is 13.8. The summed E-state index contributed by atoms with van der Waals surface area (Å²) < 4.78 is 46.7. The third kappa shape index (κ3) is 7.96. The molecule has 4 saturated heterocycles. The van der Waals surface area contributed by atoms with Crippen molar-refractivity contribution in [2.75, 3.05) is 49.6 Å². The molecule has 4 aliphatic heterocycles. The van der Waals surface area contributed by atoms with Crippen LogP contribution in [0.3, 0.4) is 0 Å². The van der Waals surface area contributed by atoms with E-state index >= 15 is 0 Å². The topological polar surface area (TPSA) is 175 Å². The molecule has 19 heteroatoms. The van der Waals surface area contributed by atoms with E-state index in [1.54, 1.807) is 24.0 Å². The van der Waals surface area contributed by atoms with Crippen molar-refractivity contribution >= 4 is 45.9 Å². The van der Waals surface area contributed by atoms with Gasteiger partial charge in [-0.2, -0.15) is 10.2 Å². The zero-order chi connectivity index (χ0) is 44.2. The summed E-state index contributed by atoms with van der Waals surface area (Å²) >= 11 is 0. The average molecular weight is 880 g/mol. The smallest absolute Gasteiger partial charge is 0.329 e. The molecule has 5 atom stereocenters. The average Bonchev–Trinajstić information content (AvgIpc) is 4.13. The van der Waals surface area contributed by atoms with Crippen LogP contribution < -0.4 is 21.2 Å². The van der Waals surface area contributed by atoms with Gasteiger partial charge in [0, 0.05) is 52.0 Å². The molecule has 5 aliphatic rings. The normalized spacial score (nSPS) is 26.2. The molecule has 1 aliphatic carbocycles. The Hall–Kier alpha value is -5.97. The van der Waals surface area contributed by atoms with Gasteiger partial charge in [-0.25, -0.2) is 23.1 Å². The first-order valence-electron chi connectivity index (χ1n) is 22.3. The summed E-state index contributed by atoms with van der Waals surface area (Å²) in [7, 11) is 1.66. The summed E-state index contributed by atoms with van der Waals surface area (Å²) in [5.41, 5.74) is 1.62. The first-order valence-corrected chi connectivity index (χ1v) is 22.3. The van der Waals surface area contributed by atoms with Crippen LogP contribution in [0.25, 0.3) is 16.7 Å². The molecule has 10 rings (SSSR count). The van der Waals surface area contributed by atoms with E-state index in [-0.39, 0.29) is 72.5 Å². The Morgan fingerprint density at radius 3 is 2.67 bits per heavy atom. The number of morpholine rings is 1. The summed E-state index contributed by atoms with van der Waals surface area (Å²) in [6.07, 6.45) is 7.77. The van der Waals surface area contributed by atoms with Gasteiger partial charge in [0.25, 0.3) is 12.3 Å². The Kier molecular flexibility index (Phi) is 11.3.